The lowest BCUT2D eigenvalue weighted by Gasteiger charge is -2.06. The average Bonchev–Trinajstić information content (AvgIpc) is 2.99. The maximum atomic E-state index is 11.7. The number of anilines is 3. The maximum Gasteiger partial charge on any atom is 0.300 e. The van der Waals surface area contributed by atoms with E-state index in [-0.39, 0.29) is 5.91 Å². The molecule has 3 rings (SSSR count). The third-order valence-electron chi connectivity index (χ3n) is 3.65. The first-order valence-corrected chi connectivity index (χ1v) is 7.89. The smallest absolute Gasteiger partial charge is 0.300 e. The summed E-state index contributed by atoms with van der Waals surface area (Å²) in [5.74, 6) is -0.0319. The summed E-state index contributed by atoms with van der Waals surface area (Å²) in [6.45, 7) is 2.51. The first-order valence-electron chi connectivity index (χ1n) is 7.89. The van der Waals surface area contributed by atoms with Crippen molar-refractivity contribution in [1.82, 2.24) is 4.98 Å². The van der Waals surface area contributed by atoms with Gasteiger partial charge in [0.25, 0.3) is 6.01 Å². The Hall–Kier alpha value is -2.86. The molecule has 4 N–H and O–H groups in total. The lowest BCUT2D eigenvalue weighted by molar-refractivity contribution is -0.116. The molecule has 0 unspecified atom stereocenters. The minimum atomic E-state index is -0.0319. The fourth-order valence-corrected chi connectivity index (χ4v) is 2.39. The molecule has 3 aromatic rings. The van der Waals surface area contributed by atoms with E-state index >= 15 is 0 Å². The second-order valence-corrected chi connectivity index (χ2v) is 5.58. The van der Waals surface area contributed by atoms with Crippen LogP contribution in [0.4, 0.5) is 17.4 Å². The Balaban J connectivity index is 1.67. The van der Waals surface area contributed by atoms with Gasteiger partial charge in [-0.15, -0.1) is 0 Å². The van der Waals surface area contributed by atoms with Gasteiger partial charge in [0, 0.05) is 17.8 Å². The number of nitrogens with zero attached hydrogens (tertiary/aromatic N) is 1. The van der Waals surface area contributed by atoms with Crippen LogP contribution in [-0.4, -0.2) is 17.4 Å². The molecule has 0 fully saturated rings. The first-order chi connectivity index (χ1) is 11.7. The van der Waals surface area contributed by atoms with Crippen molar-refractivity contribution in [2.24, 2.45) is 5.73 Å². The zero-order valence-corrected chi connectivity index (χ0v) is 13.5. The molecule has 6 heteroatoms. The molecule has 0 spiro atoms. The third-order valence-corrected chi connectivity index (χ3v) is 3.65. The molecule has 0 aliphatic heterocycles. The lowest BCUT2D eigenvalue weighted by atomic mass is 10.2. The summed E-state index contributed by atoms with van der Waals surface area (Å²) in [4.78, 5) is 16.1. The molecule has 0 saturated heterocycles. The molecule has 0 aliphatic carbocycles. The molecule has 124 valence electrons. The SMILES string of the molecule is Cc1cccc2oc(Nc3ccc(NC(=O)CCCN)cc3)nc12. The van der Waals surface area contributed by atoms with Crippen molar-refractivity contribution in [3.05, 3.63) is 48.0 Å². The summed E-state index contributed by atoms with van der Waals surface area (Å²) in [5.41, 5.74) is 9.65. The van der Waals surface area contributed by atoms with Crippen molar-refractivity contribution < 1.29 is 9.21 Å². The van der Waals surface area contributed by atoms with Crippen LogP contribution < -0.4 is 16.4 Å². The van der Waals surface area contributed by atoms with Crippen LogP contribution in [0.1, 0.15) is 18.4 Å². The van der Waals surface area contributed by atoms with Crippen LogP contribution in [0.3, 0.4) is 0 Å². The van der Waals surface area contributed by atoms with Gasteiger partial charge in [0.15, 0.2) is 5.58 Å². The van der Waals surface area contributed by atoms with E-state index in [1.165, 1.54) is 0 Å². The van der Waals surface area contributed by atoms with Gasteiger partial charge in [-0.05, 0) is 55.8 Å². The van der Waals surface area contributed by atoms with E-state index in [1.54, 1.807) is 0 Å². The predicted molar refractivity (Wildman–Crippen MR) is 95.4 cm³/mol. The van der Waals surface area contributed by atoms with E-state index in [0.717, 1.165) is 28.0 Å². The van der Waals surface area contributed by atoms with Crippen LogP contribution in [0.5, 0.6) is 0 Å². The molecule has 24 heavy (non-hydrogen) atoms. The van der Waals surface area contributed by atoms with Gasteiger partial charge in [0.05, 0.1) is 0 Å². The van der Waals surface area contributed by atoms with Gasteiger partial charge in [0.1, 0.15) is 5.52 Å². The fourth-order valence-electron chi connectivity index (χ4n) is 2.39. The zero-order valence-electron chi connectivity index (χ0n) is 13.5. The molecule has 1 amide bonds. The number of hydrogen-bond acceptors (Lipinski definition) is 5. The number of rotatable bonds is 6. The standard InChI is InChI=1S/C18H20N4O2/c1-12-4-2-5-15-17(12)22-18(24-15)21-14-9-7-13(8-10-14)20-16(23)6-3-11-19/h2,4-5,7-10H,3,6,11,19H2,1H3,(H,20,23)(H,21,22). The number of benzene rings is 2. The summed E-state index contributed by atoms with van der Waals surface area (Å²) in [5, 5.41) is 5.96. The maximum absolute atomic E-state index is 11.7. The fraction of sp³-hybridized carbons (Fsp3) is 0.222. The highest BCUT2D eigenvalue weighted by atomic mass is 16.4. The lowest BCUT2D eigenvalue weighted by Crippen LogP contribution is -2.13. The van der Waals surface area contributed by atoms with Crippen molar-refractivity contribution in [3.8, 4) is 0 Å². The van der Waals surface area contributed by atoms with Gasteiger partial charge < -0.3 is 20.8 Å². The summed E-state index contributed by atoms with van der Waals surface area (Å²) in [6.07, 6.45) is 1.11. The second-order valence-electron chi connectivity index (χ2n) is 5.58. The number of amides is 1. The zero-order chi connectivity index (χ0) is 16.9. The number of oxazole rings is 1. The average molecular weight is 324 g/mol. The van der Waals surface area contributed by atoms with Crippen LogP contribution in [0.2, 0.25) is 0 Å². The Bertz CT molecular complexity index is 840. The van der Waals surface area contributed by atoms with Gasteiger partial charge in [-0.25, -0.2) is 0 Å². The van der Waals surface area contributed by atoms with Crippen LogP contribution in [0.15, 0.2) is 46.9 Å². The van der Waals surface area contributed by atoms with Crippen LogP contribution >= 0.6 is 0 Å². The number of aromatic nitrogens is 1. The predicted octanol–water partition coefficient (Wildman–Crippen LogP) is 3.56. The third kappa shape index (κ3) is 3.72. The second kappa shape index (κ2) is 7.14. The molecule has 2 aromatic carbocycles. The van der Waals surface area contributed by atoms with Gasteiger partial charge in [-0.2, -0.15) is 4.98 Å². The van der Waals surface area contributed by atoms with E-state index in [0.29, 0.717) is 25.4 Å². The first kappa shape index (κ1) is 16.0. The molecule has 0 aliphatic rings. The monoisotopic (exact) mass is 324 g/mol. The minimum Gasteiger partial charge on any atom is -0.423 e. The molecular formula is C18H20N4O2. The highest BCUT2D eigenvalue weighted by Gasteiger charge is 2.08. The number of carbonyl (C=O) groups excluding carboxylic acids is 1. The van der Waals surface area contributed by atoms with Crippen LogP contribution in [0.25, 0.3) is 11.1 Å². The van der Waals surface area contributed by atoms with Gasteiger partial charge in [-0.3, -0.25) is 4.79 Å². The van der Waals surface area contributed by atoms with Crippen molar-refractivity contribution in [2.45, 2.75) is 19.8 Å². The molecule has 1 aromatic heterocycles. The van der Waals surface area contributed by atoms with Crippen molar-refractivity contribution >= 4 is 34.4 Å². The van der Waals surface area contributed by atoms with Gasteiger partial charge in [-0.1, -0.05) is 12.1 Å². The Labute approximate surface area is 140 Å². The van der Waals surface area contributed by atoms with Crippen molar-refractivity contribution in [2.75, 3.05) is 17.2 Å². The minimum absolute atomic E-state index is 0.0319. The summed E-state index contributed by atoms with van der Waals surface area (Å²) < 4.78 is 5.69. The topological polar surface area (TPSA) is 93.2 Å². The van der Waals surface area contributed by atoms with Crippen LogP contribution in [-0.2, 0) is 4.79 Å². The summed E-state index contributed by atoms with van der Waals surface area (Å²) >= 11 is 0. The Morgan fingerprint density at radius 3 is 2.62 bits per heavy atom. The molecule has 0 bridgehead atoms. The molecule has 0 radical (unpaired) electrons. The summed E-state index contributed by atoms with van der Waals surface area (Å²) in [7, 11) is 0. The number of hydrogen-bond donors (Lipinski definition) is 3. The number of para-hydroxylation sites is 1. The summed E-state index contributed by atoms with van der Waals surface area (Å²) in [6, 6.07) is 13.7. The molecule has 6 nitrogen and oxygen atoms in total. The largest absolute Gasteiger partial charge is 0.423 e. The van der Waals surface area contributed by atoms with Crippen molar-refractivity contribution in [1.29, 1.82) is 0 Å². The van der Waals surface area contributed by atoms with E-state index in [4.69, 9.17) is 10.2 Å². The number of nitrogens with two attached hydrogens (primary N) is 1. The molecule has 1 heterocycles. The Kier molecular flexibility index (Phi) is 4.77. The number of nitrogens with one attached hydrogen (secondary N) is 2. The number of carbonyl (C=O) groups is 1. The van der Waals surface area contributed by atoms with Gasteiger partial charge in [0.2, 0.25) is 5.91 Å². The van der Waals surface area contributed by atoms with Crippen LogP contribution in [0, 0.1) is 6.92 Å². The normalized spacial score (nSPS) is 10.8. The quantitative estimate of drug-likeness (QED) is 0.644. The Morgan fingerprint density at radius 1 is 1.17 bits per heavy atom. The molecule has 0 atom stereocenters. The van der Waals surface area contributed by atoms with E-state index in [1.807, 2.05) is 49.4 Å². The van der Waals surface area contributed by atoms with E-state index < -0.39 is 0 Å². The highest BCUT2D eigenvalue weighted by molar-refractivity contribution is 5.90. The Morgan fingerprint density at radius 2 is 1.92 bits per heavy atom. The number of aryl methyl sites for hydroxylation is 1. The van der Waals surface area contributed by atoms with Crippen molar-refractivity contribution in [3.63, 3.8) is 0 Å². The van der Waals surface area contributed by atoms with E-state index in [9.17, 15) is 4.79 Å². The molecule has 0 saturated carbocycles. The van der Waals surface area contributed by atoms with E-state index in [2.05, 4.69) is 15.6 Å². The number of fused-ring (bicyclic) bond motifs is 1. The van der Waals surface area contributed by atoms with Gasteiger partial charge >= 0.3 is 0 Å². The molecular weight excluding hydrogens is 304 g/mol. The highest BCUT2D eigenvalue weighted by Crippen LogP contribution is 2.24.